The van der Waals surface area contributed by atoms with Crippen molar-refractivity contribution in [1.29, 1.82) is 0 Å². The summed E-state index contributed by atoms with van der Waals surface area (Å²) in [7, 11) is 0. The molecule has 1 saturated carbocycles. The van der Waals surface area contributed by atoms with Crippen LogP contribution in [0.1, 0.15) is 58.3 Å². The van der Waals surface area contributed by atoms with Gasteiger partial charge in [0.1, 0.15) is 0 Å². The lowest BCUT2D eigenvalue weighted by atomic mass is 9.84. The first-order valence-corrected chi connectivity index (χ1v) is 6.86. The molecule has 1 rings (SSSR count). The summed E-state index contributed by atoms with van der Waals surface area (Å²) in [4.78, 5) is 34.1. The molecule has 0 amide bonds. The molecule has 19 heavy (non-hydrogen) atoms. The van der Waals surface area contributed by atoms with Crippen LogP contribution in [0.2, 0.25) is 0 Å². The lowest BCUT2D eigenvalue weighted by Gasteiger charge is -2.21. The summed E-state index contributed by atoms with van der Waals surface area (Å²) in [6, 6.07) is 0. The summed E-state index contributed by atoms with van der Waals surface area (Å²) in [5.41, 5.74) is -1.69. The number of rotatable bonds is 3. The lowest BCUT2D eigenvalue weighted by molar-refractivity contribution is -0.539. The van der Waals surface area contributed by atoms with Crippen LogP contribution in [0, 0.1) is 10.1 Å². The average Bonchev–Trinajstić information content (AvgIpc) is 2.35. The van der Waals surface area contributed by atoms with E-state index in [0.717, 1.165) is 31.8 Å². The number of nitrogens with zero attached hydrogens (tertiary/aromatic N) is 1. The van der Waals surface area contributed by atoms with E-state index in [1.165, 1.54) is 13.0 Å². The van der Waals surface area contributed by atoms with E-state index >= 15 is 0 Å². The van der Waals surface area contributed by atoms with Crippen molar-refractivity contribution in [1.82, 2.24) is 0 Å². The Morgan fingerprint density at radius 3 is 2.37 bits per heavy atom. The molecule has 0 aromatic carbocycles. The molecule has 0 bridgehead atoms. The number of hydrogen-bond acceptors (Lipinski definition) is 4. The molecular weight excluding hydrogens is 246 g/mol. The zero-order valence-corrected chi connectivity index (χ0v) is 11.4. The van der Waals surface area contributed by atoms with Crippen molar-refractivity contribution in [3.63, 3.8) is 0 Å². The molecule has 5 nitrogen and oxygen atoms in total. The molecule has 1 fully saturated rings. The highest BCUT2D eigenvalue weighted by Gasteiger charge is 2.46. The molecule has 0 radical (unpaired) electrons. The van der Waals surface area contributed by atoms with E-state index in [0.29, 0.717) is 12.8 Å². The quantitative estimate of drug-likeness (QED) is 0.447. The molecule has 0 spiro atoms. The standard InChI is InChI=1S/C14H21NO4/c1-12(16)9-11-14(15(18)19)10-7-5-3-2-4-6-8-13(14)17/h9,11H,2-8,10H2,1H3/b11-9+. The van der Waals surface area contributed by atoms with Gasteiger partial charge in [0.15, 0.2) is 5.78 Å². The zero-order chi connectivity index (χ0) is 14.3. The van der Waals surface area contributed by atoms with Gasteiger partial charge in [-0.15, -0.1) is 0 Å². The highest BCUT2D eigenvalue weighted by Crippen LogP contribution is 2.27. The number of hydrogen-bond donors (Lipinski definition) is 0. The fourth-order valence-corrected chi connectivity index (χ4v) is 2.43. The van der Waals surface area contributed by atoms with Gasteiger partial charge in [-0.05, 0) is 25.8 Å². The fraction of sp³-hybridized carbons (Fsp3) is 0.714. The second-order valence-corrected chi connectivity index (χ2v) is 5.17. The van der Waals surface area contributed by atoms with Crippen molar-refractivity contribution in [2.24, 2.45) is 0 Å². The van der Waals surface area contributed by atoms with E-state index in [2.05, 4.69) is 0 Å². The van der Waals surface area contributed by atoms with Gasteiger partial charge in [-0.3, -0.25) is 19.7 Å². The highest BCUT2D eigenvalue weighted by molar-refractivity contribution is 5.92. The first-order chi connectivity index (χ1) is 8.99. The summed E-state index contributed by atoms with van der Waals surface area (Å²) in [5, 5.41) is 11.4. The first kappa shape index (κ1) is 15.5. The molecule has 0 aliphatic heterocycles. The van der Waals surface area contributed by atoms with Crippen molar-refractivity contribution >= 4 is 11.6 Å². The van der Waals surface area contributed by atoms with Crippen LogP contribution in [0.4, 0.5) is 0 Å². The Morgan fingerprint density at radius 2 is 1.79 bits per heavy atom. The highest BCUT2D eigenvalue weighted by atomic mass is 16.6. The molecule has 0 saturated heterocycles. The van der Waals surface area contributed by atoms with Gasteiger partial charge in [0, 0.05) is 23.8 Å². The molecule has 0 N–H and O–H groups in total. The van der Waals surface area contributed by atoms with Crippen LogP contribution in [-0.2, 0) is 9.59 Å². The van der Waals surface area contributed by atoms with E-state index in [-0.39, 0.29) is 24.4 Å². The van der Waals surface area contributed by atoms with Crippen LogP contribution in [-0.4, -0.2) is 22.0 Å². The minimum atomic E-state index is -1.69. The van der Waals surface area contributed by atoms with Crippen LogP contribution < -0.4 is 0 Å². The monoisotopic (exact) mass is 267 g/mol. The number of carbonyl (C=O) groups excluding carboxylic acids is 2. The minimum absolute atomic E-state index is 0.197. The molecule has 1 atom stereocenters. The lowest BCUT2D eigenvalue weighted by Crippen LogP contribution is -2.45. The third kappa shape index (κ3) is 4.26. The number of carbonyl (C=O) groups is 2. The van der Waals surface area contributed by atoms with Crippen molar-refractivity contribution < 1.29 is 14.5 Å². The predicted octanol–water partition coefficient (Wildman–Crippen LogP) is 2.85. The molecule has 5 heteroatoms. The summed E-state index contributed by atoms with van der Waals surface area (Å²) in [6.45, 7) is 1.33. The Balaban J connectivity index is 3.01. The van der Waals surface area contributed by atoms with E-state index < -0.39 is 10.5 Å². The van der Waals surface area contributed by atoms with Crippen LogP contribution >= 0.6 is 0 Å². The van der Waals surface area contributed by atoms with Crippen LogP contribution in [0.5, 0.6) is 0 Å². The predicted molar refractivity (Wildman–Crippen MR) is 71.5 cm³/mol. The molecule has 1 aliphatic rings. The van der Waals surface area contributed by atoms with Gasteiger partial charge in [-0.25, -0.2) is 0 Å². The van der Waals surface area contributed by atoms with Crippen LogP contribution in [0.3, 0.4) is 0 Å². The van der Waals surface area contributed by atoms with E-state index in [9.17, 15) is 19.7 Å². The molecule has 106 valence electrons. The summed E-state index contributed by atoms with van der Waals surface area (Å²) in [5.74, 6) is -0.636. The number of Topliss-reactive ketones (excluding diaryl/α,β-unsaturated/α-hetero) is 1. The minimum Gasteiger partial charge on any atom is -0.295 e. The van der Waals surface area contributed by atoms with Gasteiger partial charge >= 0.3 is 0 Å². The van der Waals surface area contributed by atoms with Crippen molar-refractivity contribution in [2.75, 3.05) is 0 Å². The maximum atomic E-state index is 12.2. The SMILES string of the molecule is CC(=O)/C=C/C1([N+](=O)[O-])CCCCCCCCC1=O. The third-order valence-electron chi connectivity index (χ3n) is 3.61. The Labute approximate surface area is 113 Å². The van der Waals surface area contributed by atoms with Gasteiger partial charge < -0.3 is 0 Å². The normalized spacial score (nSPS) is 26.3. The van der Waals surface area contributed by atoms with Crippen molar-refractivity contribution in [3.8, 4) is 0 Å². The summed E-state index contributed by atoms with van der Waals surface area (Å²) >= 11 is 0. The zero-order valence-electron chi connectivity index (χ0n) is 11.4. The second-order valence-electron chi connectivity index (χ2n) is 5.17. The fourth-order valence-electron chi connectivity index (χ4n) is 2.43. The van der Waals surface area contributed by atoms with Gasteiger partial charge in [-0.1, -0.05) is 25.7 Å². The molecular formula is C14H21NO4. The van der Waals surface area contributed by atoms with Gasteiger partial charge in [0.2, 0.25) is 5.78 Å². The van der Waals surface area contributed by atoms with Crippen LogP contribution in [0.15, 0.2) is 12.2 Å². The molecule has 1 aliphatic carbocycles. The largest absolute Gasteiger partial charge is 0.297 e. The van der Waals surface area contributed by atoms with Gasteiger partial charge in [0.25, 0.3) is 5.54 Å². The summed E-state index contributed by atoms with van der Waals surface area (Å²) in [6.07, 6.45) is 8.11. The van der Waals surface area contributed by atoms with Crippen LogP contribution in [0.25, 0.3) is 0 Å². The average molecular weight is 267 g/mol. The van der Waals surface area contributed by atoms with E-state index in [1.54, 1.807) is 0 Å². The van der Waals surface area contributed by atoms with Crippen molar-refractivity contribution in [2.45, 2.75) is 63.8 Å². The smallest absolute Gasteiger partial charge is 0.295 e. The maximum Gasteiger partial charge on any atom is 0.297 e. The van der Waals surface area contributed by atoms with Crippen molar-refractivity contribution in [3.05, 3.63) is 22.3 Å². The molecule has 1 unspecified atom stereocenters. The Morgan fingerprint density at radius 1 is 1.21 bits per heavy atom. The summed E-state index contributed by atoms with van der Waals surface area (Å²) < 4.78 is 0. The molecule has 0 aromatic heterocycles. The van der Waals surface area contributed by atoms with Gasteiger partial charge in [-0.2, -0.15) is 0 Å². The first-order valence-electron chi connectivity index (χ1n) is 6.86. The third-order valence-corrected chi connectivity index (χ3v) is 3.61. The number of allylic oxidation sites excluding steroid dienone is 1. The number of nitro groups is 1. The van der Waals surface area contributed by atoms with E-state index in [1.807, 2.05) is 0 Å². The van der Waals surface area contributed by atoms with E-state index in [4.69, 9.17) is 0 Å². The Bertz CT molecular complexity index is 389. The Kier molecular flexibility index (Phi) is 5.86. The molecule has 0 heterocycles. The second kappa shape index (κ2) is 7.16. The Hall–Kier alpha value is -1.52. The maximum absolute atomic E-state index is 12.2. The topological polar surface area (TPSA) is 77.3 Å². The molecule has 0 aromatic rings. The number of ketones is 2. The van der Waals surface area contributed by atoms with Gasteiger partial charge in [0.05, 0.1) is 0 Å².